The quantitative estimate of drug-likeness (QED) is 0.562. The van der Waals surface area contributed by atoms with Crippen LogP contribution in [0.3, 0.4) is 0 Å². The van der Waals surface area contributed by atoms with Crippen LogP contribution in [0.15, 0.2) is 78.9 Å². The van der Waals surface area contributed by atoms with Crippen molar-refractivity contribution in [1.29, 1.82) is 0 Å². The molecule has 168 valence electrons. The average molecular weight is 442 g/mol. The van der Waals surface area contributed by atoms with Gasteiger partial charge in [-0.15, -0.1) is 0 Å². The van der Waals surface area contributed by atoms with E-state index < -0.39 is 5.92 Å². The number of benzene rings is 3. The van der Waals surface area contributed by atoms with Gasteiger partial charge in [-0.3, -0.25) is 14.4 Å². The van der Waals surface area contributed by atoms with Crippen LogP contribution in [0.2, 0.25) is 0 Å². The molecule has 1 saturated heterocycles. The molecule has 1 aliphatic heterocycles. The zero-order chi connectivity index (χ0) is 23.4. The third-order valence-corrected chi connectivity index (χ3v) is 5.77. The molecule has 3 aromatic rings. The molecule has 0 bridgehead atoms. The Labute approximate surface area is 193 Å². The van der Waals surface area contributed by atoms with Crippen molar-refractivity contribution < 1.29 is 14.4 Å². The summed E-state index contributed by atoms with van der Waals surface area (Å²) in [5.41, 5.74) is 3.63. The van der Waals surface area contributed by atoms with Crippen molar-refractivity contribution in [2.45, 2.75) is 26.2 Å². The lowest BCUT2D eigenvalue weighted by atomic mass is 10.0. The van der Waals surface area contributed by atoms with Gasteiger partial charge in [0, 0.05) is 35.6 Å². The molecule has 0 aliphatic carbocycles. The first-order valence-electron chi connectivity index (χ1n) is 11.1. The highest BCUT2D eigenvalue weighted by Gasteiger charge is 2.35. The largest absolute Gasteiger partial charge is 0.326 e. The molecule has 1 aliphatic rings. The summed E-state index contributed by atoms with van der Waals surface area (Å²) < 4.78 is 0. The van der Waals surface area contributed by atoms with Crippen LogP contribution in [-0.2, 0) is 9.59 Å². The Kier molecular flexibility index (Phi) is 6.54. The van der Waals surface area contributed by atoms with E-state index in [1.165, 1.54) is 0 Å². The normalized spacial score (nSPS) is 15.5. The summed E-state index contributed by atoms with van der Waals surface area (Å²) >= 11 is 0. The lowest BCUT2D eigenvalue weighted by Crippen LogP contribution is -2.28. The second kappa shape index (κ2) is 9.69. The number of amides is 3. The van der Waals surface area contributed by atoms with E-state index in [2.05, 4.69) is 24.5 Å². The first kappa shape index (κ1) is 22.3. The Bertz CT molecular complexity index is 1170. The molecule has 6 nitrogen and oxygen atoms in total. The minimum Gasteiger partial charge on any atom is -0.326 e. The van der Waals surface area contributed by atoms with Gasteiger partial charge in [0.05, 0.1) is 5.92 Å². The Morgan fingerprint density at radius 2 is 1.61 bits per heavy atom. The molecule has 3 aromatic carbocycles. The van der Waals surface area contributed by atoms with Crippen molar-refractivity contribution in [1.82, 2.24) is 0 Å². The number of rotatable bonds is 6. The maximum atomic E-state index is 12.8. The molecule has 1 atom stereocenters. The number of carbonyl (C=O) groups is 3. The smallest absolute Gasteiger partial charge is 0.255 e. The molecule has 0 saturated carbocycles. The minimum atomic E-state index is -0.456. The molecule has 0 spiro atoms. The van der Waals surface area contributed by atoms with Gasteiger partial charge in [0.15, 0.2) is 0 Å². The Balaban J connectivity index is 1.44. The minimum absolute atomic E-state index is 0.133. The van der Waals surface area contributed by atoms with Crippen molar-refractivity contribution in [3.63, 3.8) is 0 Å². The van der Waals surface area contributed by atoms with Gasteiger partial charge in [0.2, 0.25) is 11.8 Å². The number of para-hydroxylation sites is 1. The van der Waals surface area contributed by atoms with Gasteiger partial charge in [-0.05, 0) is 53.9 Å². The second-order valence-corrected chi connectivity index (χ2v) is 8.55. The molecule has 0 aromatic heterocycles. The third-order valence-electron chi connectivity index (χ3n) is 5.77. The number of nitrogens with one attached hydrogen (secondary N) is 2. The number of anilines is 3. The zero-order valence-electron chi connectivity index (χ0n) is 18.7. The Morgan fingerprint density at radius 3 is 2.36 bits per heavy atom. The van der Waals surface area contributed by atoms with E-state index in [-0.39, 0.29) is 30.7 Å². The van der Waals surface area contributed by atoms with E-state index >= 15 is 0 Å². The zero-order valence-corrected chi connectivity index (χ0v) is 18.7. The summed E-state index contributed by atoms with van der Waals surface area (Å²) in [7, 11) is 0. The predicted molar refractivity (Wildman–Crippen MR) is 130 cm³/mol. The predicted octanol–water partition coefficient (Wildman–Crippen LogP) is 5.05. The fraction of sp³-hybridized carbons (Fsp3) is 0.222. The molecule has 4 rings (SSSR count). The van der Waals surface area contributed by atoms with Crippen LogP contribution in [0.5, 0.6) is 0 Å². The van der Waals surface area contributed by atoms with E-state index in [0.717, 1.165) is 11.3 Å². The Hall–Kier alpha value is -3.93. The van der Waals surface area contributed by atoms with Crippen molar-refractivity contribution in [3.8, 4) is 0 Å². The monoisotopic (exact) mass is 441 g/mol. The summed E-state index contributed by atoms with van der Waals surface area (Å²) in [5.74, 6) is -0.663. The van der Waals surface area contributed by atoms with Crippen LogP contribution in [0.25, 0.3) is 0 Å². The maximum absolute atomic E-state index is 12.8. The standard InChI is InChI=1S/C27H27N3O3/c1-18(2)19-8-6-12-23(14-19)29-27(33)21-16-25(31)30(17-21)24-13-7-9-20(15-24)26(32)28-22-10-4-3-5-11-22/h3-15,18,21H,16-17H2,1-2H3,(H,28,32)(H,29,33). The molecular weight excluding hydrogens is 414 g/mol. The lowest BCUT2D eigenvalue weighted by Gasteiger charge is -2.18. The maximum Gasteiger partial charge on any atom is 0.255 e. The lowest BCUT2D eigenvalue weighted by molar-refractivity contribution is -0.122. The number of hydrogen-bond donors (Lipinski definition) is 2. The fourth-order valence-corrected chi connectivity index (χ4v) is 3.89. The number of carbonyl (C=O) groups excluding carboxylic acids is 3. The van der Waals surface area contributed by atoms with Crippen LogP contribution < -0.4 is 15.5 Å². The third kappa shape index (κ3) is 5.29. The highest BCUT2D eigenvalue weighted by molar-refractivity contribution is 6.07. The number of nitrogens with zero attached hydrogens (tertiary/aromatic N) is 1. The average Bonchev–Trinajstić information content (AvgIpc) is 3.22. The van der Waals surface area contributed by atoms with Gasteiger partial charge in [-0.2, -0.15) is 0 Å². The van der Waals surface area contributed by atoms with Crippen molar-refractivity contribution in [2.75, 3.05) is 22.1 Å². The Morgan fingerprint density at radius 1 is 0.879 bits per heavy atom. The topological polar surface area (TPSA) is 78.5 Å². The molecule has 33 heavy (non-hydrogen) atoms. The first-order valence-corrected chi connectivity index (χ1v) is 11.1. The van der Waals surface area contributed by atoms with E-state index in [1.807, 2.05) is 54.6 Å². The van der Waals surface area contributed by atoms with Crippen LogP contribution >= 0.6 is 0 Å². The summed E-state index contributed by atoms with van der Waals surface area (Å²) in [6, 6.07) is 23.9. The van der Waals surface area contributed by atoms with E-state index in [9.17, 15) is 14.4 Å². The first-order chi connectivity index (χ1) is 15.9. The van der Waals surface area contributed by atoms with Crippen LogP contribution in [0.4, 0.5) is 17.1 Å². The molecule has 3 amide bonds. The van der Waals surface area contributed by atoms with Crippen molar-refractivity contribution in [2.24, 2.45) is 5.92 Å². The summed E-state index contributed by atoms with van der Waals surface area (Å²) in [5, 5.41) is 5.79. The molecule has 0 radical (unpaired) electrons. The summed E-state index contributed by atoms with van der Waals surface area (Å²) in [6.45, 7) is 4.48. The van der Waals surface area contributed by atoms with Crippen LogP contribution in [-0.4, -0.2) is 24.3 Å². The van der Waals surface area contributed by atoms with Crippen molar-refractivity contribution in [3.05, 3.63) is 90.0 Å². The van der Waals surface area contributed by atoms with Crippen LogP contribution in [0.1, 0.15) is 42.1 Å². The van der Waals surface area contributed by atoms with Gasteiger partial charge < -0.3 is 15.5 Å². The second-order valence-electron chi connectivity index (χ2n) is 8.55. The van der Waals surface area contributed by atoms with Crippen LogP contribution in [0, 0.1) is 5.92 Å². The van der Waals surface area contributed by atoms with Gasteiger partial charge in [0.1, 0.15) is 0 Å². The van der Waals surface area contributed by atoms with Gasteiger partial charge >= 0.3 is 0 Å². The molecule has 1 unspecified atom stereocenters. The van der Waals surface area contributed by atoms with Gasteiger partial charge in [-0.25, -0.2) is 0 Å². The van der Waals surface area contributed by atoms with Gasteiger partial charge in [0.25, 0.3) is 5.91 Å². The van der Waals surface area contributed by atoms with E-state index in [1.54, 1.807) is 29.2 Å². The van der Waals surface area contributed by atoms with Gasteiger partial charge in [-0.1, -0.05) is 50.2 Å². The molecule has 1 fully saturated rings. The summed E-state index contributed by atoms with van der Waals surface area (Å²) in [4.78, 5) is 39.8. The summed E-state index contributed by atoms with van der Waals surface area (Å²) in [6.07, 6.45) is 0.135. The van der Waals surface area contributed by atoms with Crippen molar-refractivity contribution >= 4 is 34.8 Å². The fourth-order valence-electron chi connectivity index (χ4n) is 3.89. The molecule has 2 N–H and O–H groups in total. The molecule has 1 heterocycles. The molecular formula is C27H27N3O3. The number of hydrogen-bond acceptors (Lipinski definition) is 3. The van der Waals surface area contributed by atoms with E-state index in [0.29, 0.717) is 22.9 Å². The SMILES string of the molecule is CC(C)c1cccc(NC(=O)C2CC(=O)N(c3cccc(C(=O)Nc4ccccc4)c3)C2)c1. The molecule has 6 heteroatoms. The highest BCUT2D eigenvalue weighted by Crippen LogP contribution is 2.27. The van der Waals surface area contributed by atoms with E-state index in [4.69, 9.17) is 0 Å². The highest BCUT2D eigenvalue weighted by atomic mass is 16.2.